The third kappa shape index (κ3) is 4.19. The van der Waals surface area contributed by atoms with Gasteiger partial charge in [-0.15, -0.1) is 0 Å². The lowest BCUT2D eigenvalue weighted by Gasteiger charge is -2.21. The van der Waals surface area contributed by atoms with Crippen LogP contribution in [-0.2, 0) is 0 Å². The monoisotopic (exact) mass is 650 g/mol. The number of rotatable bonds is 4. The molecule has 1 aliphatic rings. The summed E-state index contributed by atoms with van der Waals surface area (Å²) in [4.78, 5) is 0. The van der Waals surface area contributed by atoms with Crippen molar-refractivity contribution in [2.75, 3.05) is 0 Å². The van der Waals surface area contributed by atoms with E-state index < -0.39 is 0 Å². The molecule has 11 rings (SSSR count). The van der Waals surface area contributed by atoms with Crippen molar-refractivity contribution in [3.05, 3.63) is 182 Å². The Kier molecular flexibility index (Phi) is 5.96. The van der Waals surface area contributed by atoms with Crippen molar-refractivity contribution < 1.29 is 4.74 Å². The summed E-state index contributed by atoms with van der Waals surface area (Å²) in [5, 5.41) is 4.89. The second-order valence-electron chi connectivity index (χ2n) is 13.3. The first-order chi connectivity index (χ1) is 25.3. The van der Waals surface area contributed by atoms with E-state index in [1.54, 1.807) is 0 Å². The van der Waals surface area contributed by atoms with Crippen molar-refractivity contribution in [2.45, 2.75) is 0 Å². The van der Waals surface area contributed by atoms with Crippen LogP contribution in [0.1, 0.15) is 0 Å². The second kappa shape index (κ2) is 10.8. The van der Waals surface area contributed by atoms with Crippen LogP contribution in [0.3, 0.4) is 0 Å². The standard InChI is InChI=1S/C48H30N2O/c1-3-12-31(13-4-1)33-24-26-42-40(29-33)41-30-34(32-14-5-2-6-15-32)25-27-43(41)49(42)36-17-9-16-35(28-36)37-18-10-19-38-39-20-11-23-46-48(39)50(47(37)38)44-21-7-8-22-45(44)51-46/h1-30H. The molecular formula is C48H30N2O. The average molecular weight is 651 g/mol. The Balaban J connectivity index is 1.16. The number of benzene rings is 8. The molecule has 0 fully saturated rings. The lowest BCUT2D eigenvalue weighted by Crippen LogP contribution is -2.04. The smallest absolute Gasteiger partial charge is 0.152 e. The van der Waals surface area contributed by atoms with Gasteiger partial charge in [0.15, 0.2) is 11.5 Å². The number of fused-ring (bicyclic) bond motifs is 8. The van der Waals surface area contributed by atoms with Crippen molar-refractivity contribution in [1.29, 1.82) is 0 Å². The normalized spacial score (nSPS) is 12.1. The zero-order valence-corrected chi connectivity index (χ0v) is 27.6. The number of para-hydroxylation sites is 4. The third-order valence-electron chi connectivity index (χ3n) is 10.5. The minimum absolute atomic E-state index is 0.869. The molecule has 0 atom stereocenters. The van der Waals surface area contributed by atoms with Gasteiger partial charge in [0.05, 0.1) is 27.8 Å². The highest BCUT2D eigenvalue weighted by molar-refractivity contribution is 6.16. The van der Waals surface area contributed by atoms with Gasteiger partial charge in [-0.25, -0.2) is 0 Å². The van der Waals surface area contributed by atoms with Gasteiger partial charge in [0, 0.05) is 32.8 Å². The quantitative estimate of drug-likeness (QED) is 0.185. The van der Waals surface area contributed by atoms with Gasteiger partial charge >= 0.3 is 0 Å². The Morgan fingerprint density at radius 3 is 1.61 bits per heavy atom. The first-order valence-corrected chi connectivity index (χ1v) is 17.4. The fourth-order valence-corrected chi connectivity index (χ4v) is 8.22. The summed E-state index contributed by atoms with van der Waals surface area (Å²) in [6.07, 6.45) is 0. The lowest BCUT2D eigenvalue weighted by molar-refractivity contribution is 0.476. The van der Waals surface area contributed by atoms with Gasteiger partial charge in [0.2, 0.25) is 0 Å². The summed E-state index contributed by atoms with van der Waals surface area (Å²) < 4.78 is 11.3. The summed E-state index contributed by atoms with van der Waals surface area (Å²) in [6, 6.07) is 65.5. The molecular weight excluding hydrogens is 621 g/mol. The van der Waals surface area contributed by atoms with Crippen LogP contribution >= 0.6 is 0 Å². The van der Waals surface area contributed by atoms with E-state index >= 15 is 0 Å². The Morgan fingerprint density at radius 2 is 0.902 bits per heavy atom. The molecule has 3 heterocycles. The molecule has 3 heteroatoms. The Bertz CT molecular complexity index is 2890. The van der Waals surface area contributed by atoms with Crippen LogP contribution in [0.2, 0.25) is 0 Å². The topological polar surface area (TPSA) is 19.1 Å². The predicted octanol–water partition coefficient (Wildman–Crippen LogP) is 13.0. The molecule has 0 saturated heterocycles. The number of aromatic nitrogens is 2. The molecule has 0 N–H and O–H groups in total. The van der Waals surface area contributed by atoms with E-state index in [1.165, 1.54) is 71.5 Å². The van der Waals surface area contributed by atoms with E-state index in [4.69, 9.17) is 4.74 Å². The van der Waals surface area contributed by atoms with E-state index in [0.717, 1.165) is 28.4 Å². The maximum atomic E-state index is 6.42. The van der Waals surface area contributed by atoms with Gasteiger partial charge in [0.1, 0.15) is 0 Å². The van der Waals surface area contributed by atoms with Crippen LogP contribution in [-0.4, -0.2) is 9.13 Å². The maximum absolute atomic E-state index is 6.42. The van der Waals surface area contributed by atoms with E-state index in [1.807, 2.05) is 6.07 Å². The molecule has 2 aromatic heterocycles. The van der Waals surface area contributed by atoms with Gasteiger partial charge in [-0.3, -0.25) is 0 Å². The molecule has 10 aromatic rings. The molecule has 0 spiro atoms. The van der Waals surface area contributed by atoms with E-state index in [0.29, 0.717) is 0 Å². The van der Waals surface area contributed by atoms with Crippen LogP contribution in [0, 0.1) is 0 Å². The van der Waals surface area contributed by atoms with E-state index in [-0.39, 0.29) is 0 Å². The van der Waals surface area contributed by atoms with Gasteiger partial charge in [-0.2, -0.15) is 0 Å². The maximum Gasteiger partial charge on any atom is 0.152 e. The van der Waals surface area contributed by atoms with E-state index in [2.05, 4.69) is 185 Å². The van der Waals surface area contributed by atoms with Crippen LogP contribution in [0.5, 0.6) is 11.5 Å². The van der Waals surface area contributed by atoms with Crippen LogP contribution in [0.25, 0.3) is 88.4 Å². The van der Waals surface area contributed by atoms with Crippen LogP contribution in [0.4, 0.5) is 0 Å². The fourth-order valence-electron chi connectivity index (χ4n) is 8.22. The molecule has 0 unspecified atom stereocenters. The highest BCUT2D eigenvalue weighted by atomic mass is 16.5. The van der Waals surface area contributed by atoms with Gasteiger partial charge in [-0.1, -0.05) is 127 Å². The predicted molar refractivity (Wildman–Crippen MR) is 212 cm³/mol. The molecule has 1 aliphatic heterocycles. The molecule has 238 valence electrons. The Morgan fingerprint density at radius 1 is 0.333 bits per heavy atom. The number of hydrogen-bond donors (Lipinski definition) is 0. The summed E-state index contributed by atoms with van der Waals surface area (Å²) in [7, 11) is 0. The first-order valence-electron chi connectivity index (χ1n) is 17.4. The van der Waals surface area contributed by atoms with Gasteiger partial charge in [-0.05, 0) is 82.4 Å². The highest BCUT2D eigenvalue weighted by Gasteiger charge is 2.25. The number of nitrogens with zero attached hydrogens (tertiary/aromatic N) is 2. The Hall–Kier alpha value is -6.84. The molecule has 0 saturated carbocycles. The first kappa shape index (κ1) is 28.0. The molecule has 3 nitrogen and oxygen atoms in total. The molecule has 0 radical (unpaired) electrons. The largest absolute Gasteiger partial charge is 0.453 e. The summed E-state index contributed by atoms with van der Waals surface area (Å²) >= 11 is 0. The molecule has 51 heavy (non-hydrogen) atoms. The van der Waals surface area contributed by atoms with Crippen molar-refractivity contribution in [3.63, 3.8) is 0 Å². The minimum atomic E-state index is 0.869. The van der Waals surface area contributed by atoms with E-state index in [9.17, 15) is 0 Å². The van der Waals surface area contributed by atoms with Crippen molar-refractivity contribution in [1.82, 2.24) is 9.13 Å². The average Bonchev–Trinajstić information content (AvgIpc) is 3.72. The third-order valence-corrected chi connectivity index (χ3v) is 10.5. The van der Waals surface area contributed by atoms with Gasteiger partial charge < -0.3 is 13.9 Å². The van der Waals surface area contributed by atoms with Crippen LogP contribution < -0.4 is 4.74 Å². The van der Waals surface area contributed by atoms with Gasteiger partial charge in [0.25, 0.3) is 0 Å². The minimum Gasteiger partial charge on any atom is -0.453 e. The van der Waals surface area contributed by atoms with Crippen molar-refractivity contribution in [2.24, 2.45) is 0 Å². The summed E-state index contributed by atoms with van der Waals surface area (Å²) in [6.45, 7) is 0. The summed E-state index contributed by atoms with van der Waals surface area (Å²) in [5.74, 6) is 1.76. The second-order valence-corrected chi connectivity index (χ2v) is 13.3. The van der Waals surface area contributed by atoms with Crippen molar-refractivity contribution in [3.8, 4) is 56.3 Å². The molecule has 8 aromatic carbocycles. The lowest BCUT2D eigenvalue weighted by atomic mass is 10.0. The zero-order valence-electron chi connectivity index (χ0n) is 27.6. The zero-order chi connectivity index (χ0) is 33.5. The number of ether oxygens (including phenoxy) is 1. The van der Waals surface area contributed by atoms with Crippen molar-refractivity contribution >= 4 is 43.6 Å². The molecule has 0 aliphatic carbocycles. The Labute approximate surface area is 294 Å². The SMILES string of the molecule is c1ccc(-c2ccc3c(c2)c2cc(-c4ccccc4)ccc2n3-c2cccc(-c3cccc4c5cccc6c5n(c34)-c3ccccc3O6)c2)cc1. The molecule has 0 amide bonds. The fraction of sp³-hybridized carbons (Fsp3) is 0. The number of hydrogen-bond acceptors (Lipinski definition) is 1. The highest BCUT2D eigenvalue weighted by Crippen LogP contribution is 2.47. The molecule has 0 bridgehead atoms. The summed E-state index contributed by atoms with van der Waals surface area (Å²) in [5.41, 5.74) is 14.1. The van der Waals surface area contributed by atoms with Crippen LogP contribution in [0.15, 0.2) is 182 Å².